The normalized spacial score (nSPS) is 21.6. The first kappa shape index (κ1) is 8.56. The lowest BCUT2D eigenvalue weighted by atomic mass is 10.00. The predicted molar refractivity (Wildman–Crippen MR) is 44.7 cm³/mol. The standard InChI is InChI=1S/C9H10F2N2/c10-9(11)8-6-2-1-4-12-7(6)3-5-13-8/h1-2,4,8-9,13H,3,5H2. The maximum atomic E-state index is 12.5. The lowest BCUT2D eigenvalue weighted by molar-refractivity contribution is 0.0950. The Morgan fingerprint density at radius 1 is 1.54 bits per heavy atom. The molecule has 1 N–H and O–H groups in total. The van der Waals surface area contributed by atoms with Crippen LogP contribution in [-0.2, 0) is 6.42 Å². The average Bonchev–Trinajstić information content (AvgIpc) is 2.17. The largest absolute Gasteiger partial charge is 0.305 e. The Hall–Kier alpha value is -1.03. The van der Waals surface area contributed by atoms with E-state index in [2.05, 4.69) is 10.3 Å². The molecule has 1 unspecified atom stereocenters. The Labute approximate surface area is 75.0 Å². The van der Waals surface area contributed by atoms with Crippen molar-refractivity contribution in [3.8, 4) is 0 Å². The van der Waals surface area contributed by atoms with Gasteiger partial charge in [-0.1, -0.05) is 6.07 Å². The van der Waals surface area contributed by atoms with Gasteiger partial charge in [0.05, 0.1) is 6.04 Å². The second-order valence-corrected chi connectivity index (χ2v) is 3.06. The van der Waals surface area contributed by atoms with Crippen LogP contribution in [0.15, 0.2) is 18.3 Å². The molecule has 0 saturated carbocycles. The molecule has 0 aliphatic carbocycles. The van der Waals surface area contributed by atoms with E-state index in [1.54, 1.807) is 18.3 Å². The molecule has 2 heterocycles. The van der Waals surface area contributed by atoms with Crippen LogP contribution in [0, 0.1) is 0 Å². The fourth-order valence-electron chi connectivity index (χ4n) is 1.62. The van der Waals surface area contributed by atoms with Gasteiger partial charge in [0, 0.05) is 24.9 Å². The van der Waals surface area contributed by atoms with Crippen LogP contribution in [0.2, 0.25) is 0 Å². The van der Waals surface area contributed by atoms with Crippen molar-refractivity contribution in [1.29, 1.82) is 0 Å². The molecule has 0 spiro atoms. The van der Waals surface area contributed by atoms with Crippen LogP contribution < -0.4 is 5.32 Å². The van der Waals surface area contributed by atoms with Crippen molar-refractivity contribution in [3.63, 3.8) is 0 Å². The molecule has 1 atom stereocenters. The second kappa shape index (κ2) is 3.38. The fourth-order valence-corrected chi connectivity index (χ4v) is 1.62. The fraction of sp³-hybridized carbons (Fsp3) is 0.444. The summed E-state index contributed by atoms with van der Waals surface area (Å²) in [6, 6.07) is 2.57. The summed E-state index contributed by atoms with van der Waals surface area (Å²) in [5.41, 5.74) is 1.44. The molecular weight excluding hydrogens is 174 g/mol. The topological polar surface area (TPSA) is 24.9 Å². The van der Waals surface area contributed by atoms with Gasteiger partial charge in [0.25, 0.3) is 6.43 Å². The van der Waals surface area contributed by atoms with Crippen molar-refractivity contribution in [2.45, 2.75) is 18.9 Å². The summed E-state index contributed by atoms with van der Waals surface area (Å²) in [6.45, 7) is 0.582. The highest BCUT2D eigenvalue weighted by molar-refractivity contribution is 5.26. The van der Waals surface area contributed by atoms with Gasteiger partial charge in [-0.05, 0) is 11.6 Å². The number of pyridine rings is 1. The van der Waals surface area contributed by atoms with Gasteiger partial charge in [-0.2, -0.15) is 0 Å². The van der Waals surface area contributed by atoms with Gasteiger partial charge in [-0.15, -0.1) is 0 Å². The molecular formula is C9H10F2N2. The number of nitrogens with one attached hydrogen (secondary N) is 1. The molecule has 2 rings (SSSR count). The quantitative estimate of drug-likeness (QED) is 0.716. The van der Waals surface area contributed by atoms with Crippen LogP contribution in [0.3, 0.4) is 0 Å². The van der Waals surface area contributed by atoms with E-state index in [0.29, 0.717) is 12.1 Å². The van der Waals surface area contributed by atoms with Crippen molar-refractivity contribution in [2.24, 2.45) is 0 Å². The Balaban J connectivity index is 2.37. The van der Waals surface area contributed by atoms with Gasteiger partial charge in [0.2, 0.25) is 0 Å². The molecule has 2 nitrogen and oxygen atoms in total. The van der Waals surface area contributed by atoms with Crippen molar-refractivity contribution in [3.05, 3.63) is 29.6 Å². The number of nitrogens with zero attached hydrogens (tertiary/aromatic N) is 1. The van der Waals surface area contributed by atoms with E-state index in [0.717, 1.165) is 12.1 Å². The van der Waals surface area contributed by atoms with Gasteiger partial charge < -0.3 is 5.32 Å². The third-order valence-electron chi connectivity index (χ3n) is 2.24. The molecule has 0 aromatic carbocycles. The molecule has 1 aliphatic rings. The van der Waals surface area contributed by atoms with E-state index < -0.39 is 12.5 Å². The molecule has 1 aliphatic heterocycles. The van der Waals surface area contributed by atoms with E-state index in [1.165, 1.54) is 0 Å². The van der Waals surface area contributed by atoms with Crippen LogP contribution in [0.25, 0.3) is 0 Å². The average molecular weight is 184 g/mol. The maximum Gasteiger partial charge on any atom is 0.257 e. The van der Waals surface area contributed by atoms with Crippen molar-refractivity contribution < 1.29 is 8.78 Å². The molecule has 1 aromatic heterocycles. The molecule has 1 aromatic rings. The number of hydrogen-bond donors (Lipinski definition) is 1. The molecule has 0 bridgehead atoms. The summed E-state index contributed by atoms with van der Waals surface area (Å²) in [4.78, 5) is 4.08. The SMILES string of the molecule is FC(F)C1NCCc2ncccc21. The van der Waals surface area contributed by atoms with E-state index in [-0.39, 0.29) is 0 Å². The van der Waals surface area contributed by atoms with E-state index in [4.69, 9.17) is 0 Å². The summed E-state index contributed by atoms with van der Waals surface area (Å²) in [6.07, 6.45) is 0.0229. The summed E-state index contributed by atoms with van der Waals surface area (Å²) >= 11 is 0. The molecule has 70 valence electrons. The summed E-state index contributed by atoms with van der Waals surface area (Å²) in [5, 5.41) is 2.78. The summed E-state index contributed by atoms with van der Waals surface area (Å²) in [7, 11) is 0. The predicted octanol–water partition coefficient (Wildman–Crippen LogP) is 1.53. The first-order valence-corrected chi connectivity index (χ1v) is 4.24. The first-order valence-electron chi connectivity index (χ1n) is 4.24. The van der Waals surface area contributed by atoms with Crippen LogP contribution >= 0.6 is 0 Å². The molecule has 0 amide bonds. The van der Waals surface area contributed by atoms with Crippen molar-refractivity contribution in [2.75, 3.05) is 6.54 Å². The number of rotatable bonds is 1. The molecule has 0 fully saturated rings. The highest BCUT2D eigenvalue weighted by Gasteiger charge is 2.27. The Morgan fingerprint density at radius 3 is 3.15 bits per heavy atom. The Morgan fingerprint density at radius 2 is 2.38 bits per heavy atom. The summed E-state index contributed by atoms with van der Waals surface area (Å²) in [5.74, 6) is 0. The molecule has 13 heavy (non-hydrogen) atoms. The van der Waals surface area contributed by atoms with Gasteiger partial charge in [0.1, 0.15) is 0 Å². The zero-order valence-corrected chi connectivity index (χ0v) is 7.00. The lowest BCUT2D eigenvalue weighted by Gasteiger charge is -2.25. The zero-order valence-electron chi connectivity index (χ0n) is 7.00. The first-order chi connectivity index (χ1) is 6.29. The van der Waals surface area contributed by atoms with E-state index in [1.807, 2.05) is 0 Å². The molecule has 0 saturated heterocycles. The summed E-state index contributed by atoms with van der Waals surface area (Å²) < 4.78 is 25.0. The van der Waals surface area contributed by atoms with Crippen molar-refractivity contribution >= 4 is 0 Å². The smallest absolute Gasteiger partial charge is 0.257 e. The maximum absolute atomic E-state index is 12.5. The molecule has 4 heteroatoms. The number of alkyl halides is 2. The third kappa shape index (κ3) is 1.54. The number of aromatic nitrogens is 1. The van der Waals surface area contributed by atoms with Crippen LogP contribution in [0.5, 0.6) is 0 Å². The highest BCUT2D eigenvalue weighted by Crippen LogP contribution is 2.25. The highest BCUT2D eigenvalue weighted by atomic mass is 19.3. The number of halogens is 2. The van der Waals surface area contributed by atoms with Gasteiger partial charge in [-0.25, -0.2) is 8.78 Å². The van der Waals surface area contributed by atoms with Crippen LogP contribution in [-0.4, -0.2) is 18.0 Å². The van der Waals surface area contributed by atoms with Gasteiger partial charge in [0.15, 0.2) is 0 Å². The van der Waals surface area contributed by atoms with E-state index in [9.17, 15) is 8.78 Å². The van der Waals surface area contributed by atoms with Crippen molar-refractivity contribution in [1.82, 2.24) is 10.3 Å². The third-order valence-corrected chi connectivity index (χ3v) is 2.24. The van der Waals surface area contributed by atoms with Gasteiger partial charge in [-0.3, -0.25) is 4.98 Å². The van der Waals surface area contributed by atoms with Gasteiger partial charge >= 0.3 is 0 Å². The van der Waals surface area contributed by atoms with E-state index >= 15 is 0 Å². The minimum atomic E-state index is -2.36. The monoisotopic (exact) mass is 184 g/mol. The lowest BCUT2D eigenvalue weighted by Crippen LogP contribution is -2.34. The minimum Gasteiger partial charge on any atom is -0.305 e. The van der Waals surface area contributed by atoms with Crippen LogP contribution in [0.1, 0.15) is 17.3 Å². The number of hydrogen-bond acceptors (Lipinski definition) is 2. The zero-order chi connectivity index (χ0) is 9.26. The Bertz CT molecular complexity index is 301. The Kier molecular flexibility index (Phi) is 2.22. The number of fused-ring (bicyclic) bond motifs is 1. The second-order valence-electron chi connectivity index (χ2n) is 3.06. The minimum absolute atomic E-state index is 0.582. The molecule has 0 radical (unpaired) electrons. The van der Waals surface area contributed by atoms with Crippen LogP contribution in [0.4, 0.5) is 8.78 Å².